The lowest BCUT2D eigenvalue weighted by atomic mass is 10.1. The maximum Gasteiger partial charge on any atom is 0.257 e. The normalized spacial score (nSPS) is 10.2. The van der Waals surface area contributed by atoms with Gasteiger partial charge in [-0.15, -0.1) is 0 Å². The minimum absolute atomic E-state index is 0.278. The lowest BCUT2D eigenvalue weighted by Gasteiger charge is -2.12. The number of carbonyl (C=O) groups is 1. The molecule has 2 aromatic carbocycles. The van der Waals surface area contributed by atoms with Crippen molar-refractivity contribution in [2.45, 2.75) is 6.92 Å². The molecule has 0 fully saturated rings. The Balaban J connectivity index is 2.32. The van der Waals surface area contributed by atoms with Crippen molar-refractivity contribution >= 4 is 39.1 Å². The highest BCUT2D eigenvalue weighted by Gasteiger charge is 2.13. The van der Waals surface area contributed by atoms with Gasteiger partial charge in [-0.25, -0.2) is 0 Å². The molecular weight excluding hydrogens is 342 g/mol. The van der Waals surface area contributed by atoms with Crippen LogP contribution >= 0.6 is 27.5 Å². The number of nitrogens with one attached hydrogen (secondary N) is 1. The highest BCUT2D eigenvalue weighted by atomic mass is 79.9. The summed E-state index contributed by atoms with van der Waals surface area (Å²) in [5.41, 5.74) is 2.06. The molecule has 0 saturated carbocycles. The van der Waals surface area contributed by atoms with Crippen molar-refractivity contribution in [1.82, 2.24) is 0 Å². The first kappa shape index (κ1) is 14.9. The highest BCUT2D eigenvalue weighted by Crippen LogP contribution is 2.27. The Bertz CT molecular complexity index is 658. The standard InChI is InChI=1S/C15H13BrClNO2/c1-9-3-6-14(20-2)13(7-9)18-15(19)11-8-10(16)4-5-12(11)17/h3-8H,1-2H3,(H,18,19). The monoisotopic (exact) mass is 353 g/mol. The van der Waals surface area contributed by atoms with E-state index in [4.69, 9.17) is 16.3 Å². The van der Waals surface area contributed by atoms with Gasteiger partial charge in [0, 0.05) is 4.47 Å². The van der Waals surface area contributed by atoms with Gasteiger partial charge >= 0.3 is 0 Å². The van der Waals surface area contributed by atoms with Gasteiger partial charge in [0.2, 0.25) is 0 Å². The lowest BCUT2D eigenvalue weighted by Crippen LogP contribution is -2.13. The summed E-state index contributed by atoms with van der Waals surface area (Å²) in [4.78, 5) is 12.3. The topological polar surface area (TPSA) is 38.3 Å². The van der Waals surface area contributed by atoms with Crippen LogP contribution in [-0.4, -0.2) is 13.0 Å². The van der Waals surface area contributed by atoms with Crippen LogP contribution in [0, 0.1) is 6.92 Å². The number of halogens is 2. The summed E-state index contributed by atoms with van der Waals surface area (Å²) in [7, 11) is 1.56. The van der Waals surface area contributed by atoms with Crippen LogP contribution in [-0.2, 0) is 0 Å². The van der Waals surface area contributed by atoms with E-state index in [0.29, 0.717) is 22.0 Å². The third-order valence-electron chi connectivity index (χ3n) is 2.78. The summed E-state index contributed by atoms with van der Waals surface area (Å²) < 4.78 is 6.03. The molecule has 0 atom stereocenters. The van der Waals surface area contributed by atoms with Crippen LogP contribution in [0.4, 0.5) is 5.69 Å². The maximum atomic E-state index is 12.3. The van der Waals surface area contributed by atoms with Crippen molar-refractivity contribution in [2.75, 3.05) is 12.4 Å². The average Bonchev–Trinajstić information content (AvgIpc) is 2.41. The number of aryl methyl sites for hydroxylation is 1. The molecule has 104 valence electrons. The minimum atomic E-state index is -0.278. The van der Waals surface area contributed by atoms with Crippen LogP contribution in [0.25, 0.3) is 0 Å². The third-order valence-corrected chi connectivity index (χ3v) is 3.60. The SMILES string of the molecule is COc1ccc(C)cc1NC(=O)c1cc(Br)ccc1Cl. The van der Waals surface area contributed by atoms with Gasteiger partial charge in [0.15, 0.2) is 0 Å². The van der Waals surface area contributed by atoms with Gasteiger partial charge in [-0.05, 0) is 42.8 Å². The molecule has 3 nitrogen and oxygen atoms in total. The van der Waals surface area contributed by atoms with Gasteiger partial charge in [0.1, 0.15) is 5.75 Å². The highest BCUT2D eigenvalue weighted by molar-refractivity contribution is 9.10. The predicted molar refractivity (Wildman–Crippen MR) is 84.8 cm³/mol. The molecule has 2 aromatic rings. The number of benzene rings is 2. The molecule has 0 unspecified atom stereocenters. The first-order valence-corrected chi connectivity index (χ1v) is 7.09. The third kappa shape index (κ3) is 3.32. The fourth-order valence-corrected chi connectivity index (χ4v) is 2.35. The molecule has 1 amide bonds. The van der Waals surface area contributed by atoms with Crippen LogP contribution in [0.1, 0.15) is 15.9 Å². The van der Waals surface area contributed by atoms with Crippen molar-refractivity contribution in [3.05, 3.63) is 57.0 Å². The minimum Gasteiger partial charge on any atom is -0.495 e. The summed E-state index contributed by atoms with van der Waals surface area (Å²) in [6.45, 7) is 1.95. The van der Waals surface area contributed by atoms with E-state index >= 15 is 0 Å². The van der Waals surface area contributed by atoms with E-state index in [9.17, 15) is 4.79 Å². The number of methoxy groups -OCH3 is 1. The van der Waals surface area contributed by atoms with Crippen LogP contribution in [0.15, 0.2) is 40.9 Å². The van der Waals surface area contributed by atoms with Crippen molar-refractivity contribution < 1.29 is 9.53 Å². The Morgan fingerprint density at radius 2 is 2.00 bits per heavy atom. The Labute approximate surface area is 131 Å². The average molecular weight is 355 g/mol. The van der Waals surface area contributed by atoms with E-state index in [0.717, 1.165) is 10.0 Å². The predicted octanol–water partition coefficient (Wildman–Crippen LogP) is 4.67. The van der Waals surface area contributed by atoms with Crippen LogP contribution in [0.5, 0.6) is 5.75 Å². The summed E-state index contributed by atoms with van der Waals surface area (Å²) >= 11 is 9.38. The number of hydrogen-bond acceptors (Lipinski definition) is 2. The second-order valence-electron chi connectivity index (χ2n) is 4.28. The Kier molecular flexibility index (Phi) is 4.68. The molecule has 0 spiro atoms. The molecule has 0 saturated heterocycles. The van der Waals surface area contributed by atoms with Gasteiger partial charge in [0.25, 0.3) is 5.91 Å². The Hall–Kier alpha value is -1.52. The quantitative estimate of drug-likeness (QED) is 0.869. The van der Waals surface area contributed by atoms with E-state index in [2.05, 4.69) is 21.2 Å². The molecule has 1 N–H and O–H groups in total. The number of carbonyl (C=O) groups excluding carboxylic acids is 1. The van der Waals surface area contributed by atoms with Crippen molar-refractivity contribution in [1.29, 1.82) is 0 Å². The first-order chi connectivity index (χ1) is 9.51. The molecule has 5 heteroatoms. The molecule has 0 aliphatic rings. The number of hydrogen-bond donors (Lipinski definition) is 1. The van der Waals surface area contributed by atoms with E-state index in [1.165, 1.54) is 0 Å². The molecule has 0 radical (unpaired) electrons. The van der Waals surface area contributed by atoms with Gasteiger partial charge in [-0.1, -0.05) is 33.6 Å². The van der Waals surface area contributed by atoms with E-state index in [-0.39, 0.29) is 5.91 Å². The Morgan fingerprint density at radius 1 is 1.25 bits per heavy atom. The van der Waals surface area contributed by atoms with Crippen molar-refractivity contribution in [3.63, 3.8) is 0 Å². The zero-order valence-corrected chi connectivity index (χ0v) is 13.4. The molecule has 0 bridgehead atoms. The summed E-state index contributed by atoms with van der Waals surface area (Å²) in [6.07, 6.45) is 0. The van der Waals surface area contributed by atoms with Gasteiger partial charge in [-0.3, -0.25) is 4.79 Å². The number of anilines is 1. The first-order valence-electron chi connectivity index (χ1n) is 5.92. The number of ether oxygens (including phenoxy) is 1. The largest absolute Gasteiger partial charge is 0.495 e. The van der Waals surface area contributed by atoms with Crippen molar-refractivity contribution in [3.8, 4) is 5.75 Å². The van der Waals surface area contributed by atoms with E-state index in [1.54, 1.807) is 25.3 Å². The fraction of sp³-hybridized carbons (Fsp3) is 0.133. The van der Waals surface area contributed by atoms with Crippen LogP contribution in [0.3, 0.4) is 0 Å². The van der Waals surface area contributed by atoms with Crippen molar-refractivity contribution in [2.24, 2.45) is 0 Å². The molecule has 0 aliphatic heterocycles. The summed E-state index contributed by atoms with van der Waals surface area (Å²) in [6, 6.07) is 10.7. The zero-order valence-electron chi connectivity index (χ0n) is 11.0. The second-order valence-corrected chi connectivity index (χ2v) is 5.60. The van der Waals surface area contributed by atoms with Gasteiger partial charge < -0.3 is 10.1 Å². The summed E-state index contributed by atoms with van der Waals surface area (Å²) in [5.74, 6) is 0.329. The fourth-order valence-electron chi connectivity index (χ4n) is 1.78. The zero-order chi connectivity index (χ0) is 14.7. The van der Waals surface area contributed by atoms with E-state index < -0.39 is 0 Å². The molecule has 20 heavy (non-hydrogen) atoms. The van der Waals surface area contributed by atoms with Crippen LogP contribution < -0.4 is 10.1 Å². The number of rotatable bonds is 3. The molecule has 0 heterocycles. The van der Waals surface area contributed by atoms with Gasteiger partial charge in [0.05, 0.1) is 23.4 Å². The smallest absolute Gasteiger partial charge is 0.257 e. The second kappa shape index (κ2) is 6.29. The maximum absolute atomic E-state index is 12.3. The number of amides is 1. The molecule has 0 aliphatic carbocycles. The lowest BCUT2D eigenvalue weighted by molar-refractivity contribution is 0.102. The Morgan fingerprint density at radius 3 is 2.70 bits per heavy atom. The molecule has 0 aromatic heterocycles. The summed E-state index contributed by atoms with van der Waals surface area (Å²) in [5, 5.41) is 3.22. The van der Waals surface area contributed by atoms with Gasteiger partial charge in [-0.2, -0.15) is 0 Å². The molecular formula is C15H13BrClNO2. The van der Waals surface area contributed by atoms with Crippen LogP contribution in [0.2, 0.25) is 5.02 Å². The van der Waals surface area contributed by atoms with E-state index in [1.807, 2.05) is 25.1 Å². The molecule has 2 rings (SSSR count).